The number of aryl methyl sites for hydroxylation is 1. The Bertz CT molecular complexity index is 1100. The molecule has 1 unspecified atom stereocenters. The summed E-state index contributed by atoms with van der Waals surface area (Å²) < 4.78 is 40.6. The van der Waals surface area contributed by atoms with E-state index in [9.17, 15) is 18.0 Å². The zero-order valence-electron chi connectivity index (χ0n) is 15.4. The van der Waals surface area contributed by atoms with Crippen LogP contribution in [0.1, 0.15) is 29.2 Å². The molecule has 0 bridgehead atoms. The Morgan fingerprint density at radius 1 is 1.21 bits per heavy atom. The third-order valence-corrected chi connectivity index (χ3v) is 5.48. The number of alkyl halides is 3. The fraction of sp³-hybridized carbons (Fsp3) is 0.211. The molecule has 3 heterocycles. The molecule has 150 valence electrons. The van der Waals surface area contributed by atoms with Crippen LogP contribution >= 0.6 is 11.3 Å². The molecule has 1 atom stereocenters. The first-order valence-electron chi connectivity index (χ1n) is 8.67. The highest BCUT2D eigenvalue weighted by atomic mass is 32.1. The number of carbonyl (C=O) groups is 1. The van der Waals surface area contributed by atoms with Crippen LogP contribution in [0.3, 0.4) is 0 Å². The van der Waals surface area contributed by atoms with Crippen molar-refractivity contribution in [3.05, 3.63) is 69.3 Å². The molecule has 1 aliphatic heterocycles. The zero-order chi connectivity index (χ0) is 20.8. The van der Waals surface area contributed by atoms with E-state index in [0.717, 1.165) is 10.2 Å². The van der Waals surface area contributed by atoms with E-state index in [1.54, 1.807) is 36.6 Å². The quantitative estimate of drug-likeness (QED) is 0.651. The van der Waals surface area contributed by atoms with E-state index >= 15 is 0 Å². The van der Waals surface area contributed by atoms with Gasteiger partial charge in [-0.1, -0.05) is 24.3 Å². The van der Waals surface area contributed by atoms with Crippen LogP contribution in [0.5, 0.6) is 0 Å². The van der Waals surface area contributed by atoms with Crippen LogP contribution in [-0.4, -0.2) is 20.7 Å². The van der Waals surface area contributed by atoms with E-state index in [1.807, 2.05) is 19.1 Å². The summed E-state index contributed by atoms with van der Waals surface area (Å²) >= 11 is 1.33. The zero-order valence-corrected chi connectivity index (χ0v) is 16.2. The maximum absolute atomic E-state index is 13.2. The van der Waals surface area contributed by atoms with Gasteiger partial charge in [-0.05, 0) is 36.9 Å². The number of anilines is 2. The van der Waals surface area contributed by atoms with Gasteiger partial charge in [0.2, 0.25) is 5.95 Å². The number of thiophene rings is 1. The molecule has 0 fully saturated rings. The van der Waals surface area contributed by atoms with Gasteiger partial charge in [-0.15, -0.1) is 16.4 Å². The minimum Gasteiger partial charge on any atom is -0.328 e. The van der Waals surface area contributed by atoms with Crippen molar-refractivity contribution in [2.75, 3.05) is 10.6 Å². The van der Waals surface area contributed by atoms with Crippen LogP contribution in [0.15, 0.2) is 53.0 Å². The molecule has 0 aliphatic carbocycles. The normalized spacial score (nSPS) is 16.4. The number of hydrogen-bond donors (Lipinski definition) is 2. The van der Waals surface area contributed by atoms with Crippen molar-refractivity contribution < 1.29 is 18.0 Å². The number of nitrogens with one attached hydrogen (secondary N) is 2. The van der Waals surface area contributed by atoms with E-state index < -0.39 is 23.9 Å². The Morgan fingerprint density at radius 3 is 2.62 bits per heavy atom. The first kappa shape index (κ1) is 19.2. The van der Waals surface area contributed by atoms with Gasteiger partial charge in [-0.2, -0.15) is 18.2 Å². The number of carbonyl (C=O) groups excluding carboxylic acids is 1. The van der Waals surface area contributed by atoms with Crippen molar-refractivity contribution in [2.45, 2.75) is 26.1 Å². The molecule has 0 saturated heterocycles. The molecule has 2 aromatic heterocycles. The summed E-state index contributed by atoms with van der Waals surface area (Å²) in [6, 6.07) is 9.99. The lowest BCUT2D eigenvalue weighted by Crippen LogP contribution is -2.31. The van der Waals surface area contributed by atoms with E-state index in [0.29, 0.717) is 16.3 Å². The largest absolute Gasteiger partial charge is 0.453 e. The Labute approximate surface area is 168 Å². The lowest BCUT2D eigenvalue weighted by Gasteiger charge is -2.27. The fourth-order valence-electron chi connectivity index (χ4n) is 3.18. The van der Waals surface area contributed by atoms with Gasteiger partial charge in [0.1, 0.15) is 6.04 Å². The molecule has 6 nitrogen and oxygen atoms in total. The molecule has 1 aromatic carbocycles. The summed E-state index contributed by atoms with van der Waals surface area (Å²) in [5.41, 5.74) is 2.20. The molecular weight excluding hydrogens is 403 g/mol. The Balaban J connectivity index is 1.79. The molecule has 1 amide bonds. The number of hydrogen-bond acceptors (Lipinski definition) is 5. The summed E-state index contributed by atoms with van der Waals surface area (Å²) in [4.78, 5) is 17.4. The first-order chi connectivity index (χ1) is 13.8. The molecule has 2 N–H and O–H groups in total. The van der Waals surface area contributed by atoms with Crippen LogP contribution < -0.4 is 10.6 Å². The van der Waals surface area contributed by atoms with Crippen LogP contribution in [0.2, 0.25) is 0 Å². The van der Waals surface area contributed by atoms with Crippen molar-refractivity contribution in [1.82, 2.24) is 14.8 Å². The van der Waals surface area contributed by atoms with Crippen LogP contribution in [0.4, 0.5) is 24.8 Å². The molecule has 4 rings (SSSR count). The van der Waals surface area contributed by atoms with Crippen molar-refractivity contribution in [1.29, 1.82) is 0 Å². The number of amides is 1. The molecule has 29 heavy (non-hydrogen) atoms. The van der Waals surface area contributed by atoms with Gasteiger partial charge < -0.3 is 10.6 Å². The fourth-order valence-corrected chi connectivity index (χ4v) is 4.00. The topological polar surface area (TPSA) is 71.8 Å². The highest BCUT2D eigenvalue weighted by molar-refractivity contribution is 7.10. The monoisotopic (exact) mass is 419 g/mol. The highest BCUT2D eigenvalue weighted by Gasteiger charge is 2.41. The number of fused-ring (bicyclic) bond motifs is 1. The third-order valence-electron chi connectivity index (χ3n) is 4.56. The second-order valence-electron chi connectivity index (χ2n) is 6.55. The average molecular weight is 419 g/mol. The van der Waals surface area contributed by atoms with Gasteiger partial charge in [-0.25, -0.2) is 4.68 Å². The summed E-state index contributed by atoms with van der Waals surface area (Å²) in [6.07, 6.45) is -4.69. The lowest BCUT2D eigenvalue weighted by atomic mass is 10.0. The van der Waals surface area contributed by atoms with Crippen molar-refractivity contribution >= 4 is 28.9 Å². The number of benzene rings is 1. The smallest absolute Gasteiger partial charge is 0.328 e. The predicted molar refractivity (Wildman–Crippen MR) is 104 cm³/mol. The third kappa shape index (κ3) is 3.51. The molecule has 1 aliphatic rings. The Kier molecular flexibility index (Phi) is 4.65. The van der Waals surface area contributed by atoms with Crippen LogP contribution in [0.25, 0.3) is 0 Å². The molecule has 0 radical (unpaired) electrons. The van der Waals surface area contributed by atoms with Crippen LogP contribution in [-0.2, 0) is 11.0 Å². The first-order valence-corrected chi connectivity index (χ1v) is 9.55. The summed E-state index contributed by atoms with van der Waals surface area (Å²) in [7, 11) is 0. The summed E-state index contributed by atoms with van der Waals surface area (Å²) in [5, 5.41) is 11.1. The Morgan fingerprint density at radius 2 is 1.97 bits per heavy atom. The molecular formula is C19H16F3N5OS. The molecule has 0 spiro atoms. The van der Waals surface area contributed by atoms with Crippen molar-refractivity contribution in [3.8, 4) is 0 Å². The van der Waals surface area contributed by atoms with Gasteiger partial charge in [0, 0.05) is 16.3 Å². The van der Waals surface area contributed by atoms with Gasteiger partial charge in [-0.3, -0.25) is 4.79 Å². The van der Waals surface area contributed by atoms with Gasteiger partial charge in [0.25, 0.3) is 11.7 Å². The summed E-state index contributed by atoms with van der Waals surface area (Å²) in [5.74, 6) is -1.73. The molecule has 3 aromatic rings. The number of rotatable bonds is 3. The number of allylic oxidation sites excluding steroid dienone is 1. The maximum Gasteiger partial charge on any atom is 0.453 e. The second kappa shape index (κ2) is 7.03. The number of aromatic nitrogens is 3. The van der Waals surface area contributed by atoms with Crippen LogP contribution in [0, 0.1) is 6.92 Å². The Hall–Kier alpha value is -3.14. The van der Waals surface area contributed by atoms with E-state index in [4.69, 9.17) is 0 Å². The van der Waals surface area contributed by atoms with E-state index in [1.165, 1.54) is 11.3 Å². The summed E-state index contributed by atoms with van der Waals surface area (Å²) in [6.45, 7) is 3.50. The predicted octanol–water partition coefficient (Wildman–Crippen LogP) is 4.59. The number of para-hydroxylation sites is 1. The highest BCUT2D eigenvalue weighted by Crippen LogP contribution is 2.39. The van der Waals surface area contributed by atoms with Gasteiger partial charge in [0.15, 0.2) is 0 Å². The molecule has 10 heteroatoms. The number of nitrogens with zero attached hydrogens (tertiary/aromatic N) is 3. The van der Waals surface area contributed by atoms with Gasteiger partial charge in [0.05, 0.1) is 5.57 Å². The maximum atomic E-state index is 13.2. The lowest BCUT2D eigenvalue weighted by molar-refractivity contribution is -0.145. The SMILES string of the molecule is CC1=C(C(=O)Nc2ccccc2C)C(c2cccs2)n2nc(C(F)(F)F)nc2N1. The number of halogens is 3. The minimum atomic E-state index is -4.69. The minimum absolute atomic E-state index is 0.0549. The van der Waals surface area contributed by atoms with Crippen molar-refractivity contribution in [2.24, 2.45) is 0 Å². The van der Waals surface area contributed by atoms with Gasteiger partial charge >= 0.3 is 6.18 Å². The van der Waals surface area contributed by atoms with E-state index in [-0.39, 0.29) is 11.5 Å². The average Bonchev–Trinajstić information content (AvgIpc) is 3.31. The van der Waals surface area contributed by atoms with E-state index in [2.05, 4.69) is 20.7 Å². The molecule has 0 saturated carbocycles. The second-order valence-corrected chi connectivity index (χ2v) is 7.53. The standard InChI is InChI=1S/C19H16F3N5OS/c1-10-6-3-4-7-12(10)24-16(28)14-11(2)23-18-25-17(19(20,21)22)26-27(18)15(14)13-8-5-9-29-13/h3-9,15H,1-2H3,(H,24,28)(H,23,25,26). The van der Waals surface area contributed by atoms with Crippen molar-refractivity contribution in [3.63, 3.8) is 0 Å².